The lowest BCUT2D eigenvalue weighted by Gasteiger charge is -2.08. The number of hydrogen-bond donors (Lipinski definition) is 2. The summed E-state index contributed by atoms with van der Waals surface area (Å²) in [6.45, 7) is 0. The number of nitrogens with one attached hydrogen (secondary N) is 1. The lowest BCUT2D eigenvalue weighted by molar-refractivity contribution is 0.102. The molecule has 2 aromatic carbocycles. The second-order valence-corrected chi connectivity index (χ2v) is 4.73. The highest BCUT2D eigenvalue weighted by Crippen LogP contribution is 2.22. The number of amides is 1. The van der Waals surface area contributed by atoms with Crippen LogP contribution >= 0.6 is 15.9 Å². The number of anilines is 2. The van der Waals surface area contributed by atoms with Gasteiger partial charge < -0.3 is 11.1 Å². The topological polar surface area (TPSA) is 55.1 Å². The number of hydrogen-bond acceptors (Lipinski definition) is 2. The summed E-state index contributed by atoms with van der Waals surface area (Å²) in [7, 11) is 0. The molecule has 0 aliphatic heterocycles. The fourth-order valence-corrected chi connectivity index (χ4v) is 1.72. The molecular weight excluding hydrogens is 318 g/mol. The molecule has 0 radical (unpaired) electrons. The maximum absolute atomic E-state index is 13.5. The van der Waals surface area contributed by atoms with E-state index < -0.39 is 17.5 Å². The van der Waals surface area contributed by atoms with Crippen molar-refractivity contribution >= 4 is 33.2 Å². The maximum Gasteiger partial charge on any atom is 0.255 e. The number of halogens is 3. The number of carbonyl (C=O) groups excluding carboxylic acids is 1. The van der Waals surface area contributed by atoms with Crippen LogP contribution in [0.1, 0.15) is 10.4 Å². The van der Waals surface area contributed by atoms with Crippen molar-refractivity contribution in [3.05, 3.63) is 58.1 Å². The van der Waals surface area contributed by atoms with E-state index in [2.05, 4.69) is 21.2 Å². The van der Waals surface area contributed by atoms with E-state index in [1.165, 1.54) is 0 Å². The summed E-state index contributed by atoms with van der Waals surface area (Å²) in [5.41, 5.74) is 5.29. The number of nitrogens with two attached hydrogens (primary N) is 1. The highest BCUT2D eigenvalue weighted by atomic mass is 79.9. The van der Waals surface area contributed by atoms with Crippen molar-refractivity contribution < 1.29 is 13.6 Å². The number of rotatable bonds is 2. The summed E-state index contributed by atoms with van der Waals surface area (Å²) in [4.78, 5) is 11.8. The van der Waals surface area contributed by atoms with Gasteiger partial charge in [-0.05, 0) is 30.3 Å². The smallest absolute Gasteiger partial charge is 0.255 e. The summed E-state index contributed by atoms with van der Waals surface area (Å²) in [5, 5.41) is 2.34. The molecule has 0 aromatic heterocycles. The van der Waals surface area contributed by atoms with Crippen LogP contribution in [0.4, 0.5) is 20.2 Å². The molecule has 0 bridgehead atoms. The van der Waals surface area contributed by atoms with Crippen LogP contribution in [0.15, 0.2) is 40.9 Å². The third kappa shape index (κ3) is 3.08. The Kier molecular flexibility index (Phi) is 3.80. The van der Waals surface area contributed by atoms with E-state index in [1.54, 1.807) is 24.3 Å². The molecule has 0 aliphatic carbocycles. The third-order valence-electron chi connectivity index (χ3n) is 2.44. The van der Waals surface area contributed by atoms with Crippen LogP contribution < -0.4 is 11.1 Å². The van der Waals surface area contributed by atoms with Crippen LogP contribution in [-0.4, -0.2) is 5.91 Å². The molecule has 19 heavy (non-hydrogen) atoms. The third-order valence-corrected chi connectivity index (χ3v) is 2.97. The van der Waals surface area contributed by atoms with Crippen molar-refractivity contribution in [2.45, 2.75) is 0 Å². The first-order valence-corrected chi connectivity index (χ1v) is 6.08. The van der Waals surface area contributed by atoms with Gasteiger partial charge in [-0.25, -0.2) is 8.78 Å². The molecule has 1 amide bonds. The minimum Gasteiger partial charge on any atom is -0.396 e. The summed E-state index contributed by atoms with van der Waals surface area (Å²) in [6.07, 6.45) is 0. The lowest BCUT2D eigenvalue weighted by Crippen LogP contribution is -2.13. The van der Waals surface area contributed by atoms with Gasteiger partial charge in [-0.15, -0.1) is 0 Å². The van der Waals surface area contributed by atoms with E-state index in [4.69, 9.17) is 5.73 Å². The van der Waals surface area contributed by atoms with E-state index in [0.717, 1.165) is 10.5 Å². The Balaban J connectivity index is 2.24. The van der Waals surface area contributed by atoms with Gasteiger partial charge in [-0.2, -0.15) is 0 Å². The Morgan fingerprint density at radius 2 is 1.74 bits per heavy atom. The van der Waals surface area contributed by atoms with Crippen LogP contribution in [0.25, 0.3) is 0 Å². The molecule has 2 aromatic rings. The summed E-state index contributed by atoms with van der Waals surface area (Å²) in [5.74, 6) is -2.24. The molecule has 98 valence electrons. The minimum atomic E-state index is -0.878. The molecule has 0 saturated carbocycles. The van der Waals surface area contributed by atoms with Gasteiger partial charge in [0, 0.05) is 16.1 Å². The van der Waals surface area contributed by atoms with Crippen molar-refractivity contribution in [1.29, 1.82) is 0 Å². The maximum atomic E-state index is 13.5. The van der Waals surface area contributed by atoms with E-state index in [0.29, 0.717) is 11.6 Å². The fraction of sp³-hybridized carbons (Fsp3) is 0. The van der Waals surface area contributed by atoms with Crippen molar-refractivity contribution in [2.75, 3.05) is 11.1 Å². The van der Waals surface area contributed by atoms with Crippen molar-refractivity contribution in [2.24, 2.45) is 0 Å². The van der Waals surface area contributed by atoms with Gasteiger partial charge in [0.15, 0.2) is 0 Å². The zero-order valence-electron chi connectivity index (χ0n) is 9.58. The van der Waals surface area contributed by atoms with Crippen molar-refractivity contribution in [3.63, 3.8) is 0 Å². The predicted octanol–water partition coefficient (Wildman–Crippen LogP) is 3.56. The van der Waals surface area contributed by atoms with Crippen molar-refractivity contribution in [1.82, 2.24) is 0 Å². The molecule has 6 heteroatoms. The number of benzene rings is 2. The van der Waals surface area contributed by atoms with E-state index in [-0.39, 0.29) is 11.4 Å². The zero-order chi connectivity index (χ0) is 14.0. The van der Waals surface area contributed by atoms with E-state index >= 15 is 0 Å². The van der Waals surface area contributed by atoms with Gasteiger partial charge >= 0.3 is 0 Å². The van der Waals surface area contributed by atoms with Gasteiger partial charge in [0.1, 0.15) is 11.6 Å². The average molecular weight is 327 g/mol. The molecule has 3 nitrogen and oxygen atoms in total. The summed E-state index contributed by atoms with van der Waals surface area (Å²) >= 11 is 3.24. The second kappa shape index (κ2) is 5.36. The Morgan fingerprint density at radius 3 is 2.37 bits per heavy atom. The Labute approximate surface area is 116 Å². The van der Waals surface area contributed by atoms with Crippen LogP contribution in [0.3, 0.4) is 0 Å². The van der Waals surface area contributed by atoms with Crippen LogP contribution in [0, 0.1) is 11.6 Å². The van der Waals surface area contributed by atoms with Gasteiger partial charge in [-0.1, -0.05) is 15.9 Å². The van der Waals surface area contributed by atoms with Gasteiger partial charge in [0.25, 0.3) is 5.91 Å². The first-order chi connectivity index (χ1) is 8.97. The quantitative estimate of drug-likeness (QED) is 0.829. The Hall–Kier alpha value is -1.95. The van der Waals surface area contributed by atoms with Crippen LogP contribution in [0.5, 0.6) is 0 Å². The highest BCUT2D eigenvalue weighted by molar-refractivity contribution is 9.10. The predicted molar refractivity (Wildman–Crippen MR) is 72.9 cm³/mol. The Morgan fingerprint density at radius 1 is 1.11 bits per heavy atom. The number of nitrogen functional groups attached to an aromatic ring is 1. The first-order valence-electron chi connectivity index (χ1n) is 5.29. The molecule has 3 N–H and O–H groups in total. The molecule has 0 aliphatic rings. The van der Waals surface area contributed by atoms with E-state index in [1.807, 2.05) is 0 Å². The highest BCUT2D eigenvalue weighted by Gasteiger charge is 2.12. The summed E-state index contributed by atoms with van der Waals surface area (Å²) in [6, 6.07) is 8.19. The molecule has 0 atom stereocenters. The van der Waals surface area contributed by atoms with Crippen LogP contribution in [-0.2, 0) is 0 Å². The zero-order valence-corrected chi connectivity index (χ0v) is 11.2. The average Bonchev–Trinajstić information content (AvgIpc) is 2.36. The molecule has 0 heterocycles. The molecule has 2 rings (SSSR count). The molecule has 0 spiro atoms. The second-order valence-electron chi connectivity index (χ2n) is 3.81. The van der Waals surface area contributed by atoms with Gasteiger partial charge in [0.05, 0.1) is 11.4 Å². The molecule has 0 fully saturated rings. The van der Waals surface area contributed by atoms with Gasteiger partial charge in [0.2, 0.25) is 0 Å². The normalized spacial score (nSPS) is 10.3. The van der Waals surface area contributed by atoms with Crippen molar-refractivity contribution in [3.8, 4) is 0 Å². The molecule has 0 saturated heterocycles. The summed E-state index contributed by atoms with van der Waals surface area (Å²) < 4.78 is 27.3. The molecule has 0 unspecified atom stereocenters. The monoisotopic (exact) mass is 326 g/mol. The first kappa shape index (κ1) is 13.5. The minimum absolute atomic E-state index is 0.160. The Bertz CT molecular complexity index is 629. The standard InChI is InChI=1S/C13H9BrF2N2O/c14-8-3-1-7(2-4-8)13(19)18-12-6-11(17)9(15)5-10(12)16/h1-6H,17H2,(H,18,19). The van der Waals surface area contributed by atoms with E-state index in [9.17, 15) is 13.6 Å². The number of carbonyl (C=O) groups is 1. The van der Waals surface area contributed by atoms with Gasteiger partial charge in [-0.3, -0.25) is 4.79 Å². The largest absolute Gasteiger partial charge is 0.396 e. The lowest BCUT2D eigenvalue weighted by atomic mass is 10.2. The van der Waals surface area contributed by atoms with Crippen LogP contribution in [0.2, 0.25) is 0 Å². The fourth-order valence-electron chi connectivity index (χ4n) is 1.46. The molecular formula is C13H9BrF2N2O. The SMILES string of the molecule is Nc1cc(NC(=O)c2ccc(Br)cc2)c(F)cc1F.